The number of nitrogens with zero attached hydrogens (tertiary/aromatic N) is 3. The summed E-state index contributed by atoms with van der Waals surface area (Å²) in [5, 5.41) is 4.26. The van der Waals surface area contributed by atoms with Crippen molar-refractivity contribution in [3.05, 3.63) is 64.7 Å². The first kappa shape index (κ1) is 10.6. The molecule has 0 spiro atoms. The van der Waals surface area contributed by atoms with Crippen LogP contribution in [0.15, 0.2) is 53.5 Å². The van der Waals surface area contributed by atoms with E-state index < -0.39 is 0 Å². The minimum Gasteiger partial charge on any atom is -0.399 e. The number of fused-ring (bicyclic) bond motifs is 1. The predicted octanol–water partition coefficient (Wildman–Crippen LogP) is 1.13. The van der Waals surface area contributed by atoms with E-state index in [0.717, 1.165) is 5.56 Å². The van der Waals surface area contributed by atoms with Crippen LogP contribution in [0.4, 0.5) is 5.69 Å². The summed E-state index contributed by atoms with van der Waals surface area (Å²) in [7, 11) is 0. The molecule has 1 aromatic carbocycles. The van der Waals surface area contributed by atoms with Crippen molar-refractivity contribution in [2.45, 2.75) is 6.54 Å². The van der Waals surface area contributed by atoms with Gasteiger partial charge in [0, 0.05) is 11.9 Å². The molecule has 5 nitrogen and oxygen atoms in total. The van der Waals surface area contributed by atoms with Crippen LogP contribution in [0.2, 0.25) is 0 Å². The Morgan fingerprint density at radius 2 is 2.06 bits per heavy atom. The SMILES string of the molecule is Nc1cccc(Cn2nc3ccccn3c2=O)c1. The second-order valence-corrected chi connectivity index (χ2v) is 4.11. The quantitative estimate of drug-likeness (QED) is 0.683. The number of aromatic nitrogens is 3. The zero-order chi connectivity index (χ0) is 12.5. The van der Waals surface area contributed by atoms with Gasteiger partial charge in [0.05, 0.1) is 6.54 Å². The highest BCUT2D eigenvalue weighted by molar-refractivity contribution is 5.41. The molecule has 0 unspecified atom stereocenters. The Balaban J connectivity index is 2.05. The van der Waals surface area contributed by atoms with E-state index in [0.29, 0.717) is 17.9 Å². The van der Waals surface area contributed by atoms with Crippen LogP contribution >= 0.6 is 0 Å². The Labute approximate surface area is 103 Å². The summed E-state index contributed by atoms with van der Waals surface area (Å²) in [6.45, 7) is 0.422. The monoisotopic (exact) mass is 240 g/mol. The highest BCUT2D eigenvalue weighted by Crippen LogP contribution is 2.07. The Morgan fingerprint density at radius 1 is 1.17 bits per heavy atom. The Hall–Kier alpha value is -2.56. The fourth-order valence-corrected chi connectivity index (χ4v) is 1.94. The highest BCUT2D eigenvalue weighted by atomic mass is 16.2. The van der Waals surface area contributed by atoms with E-state index in [-0.39, 0.29) is 5.69 Å². The van der Waals surface area contributed by atoms with Gasteiger partial charge < -0.3 is 5.73 Å². The van der Waals surface area contributed by atoms with Crippen LogP contribution < -0.4 is 11.4 Å². The maximum atomic E-state index is 12.0. The number of anilines is 1. The van der Waals surface area contributed by atoms with Crippen LogP contribution in [0.25, 0.3) is 5.65 Å². The first-order valence-electron chi connectivity index (χ1n) is 5.63. The molecular weight excluding hydrogens is 228 g/mol. The lowest BCUT2D eigenvalue weighted by molar-refractivity contribution is 0.659. The zero-order valence-electron chi connectivity index (χ0n) is 9.65. The average Bonchev–Trinajstić information content (AvgIpc) is 2.67. The molecule has 2 heterocycles. The third kappa shape index (κ3) is 1.75. The molecular formula is C13H12N4O. The van der Waals surface area contributed by atoms with Gasteiger partial charge >= 0.3 is 5.69 Å². The van der Waals surface area contributed by atoms with Crippen molar-refractivity contribution in [3.63, 3.8) is 0 Å². The lowest BCUT2D eigenvalue weighted by atomic mass is 10.2. The summed E-state index contributed by atoms with van der Waals surface area (Å²) in [6, 6.07) is 12.9. The lowest BCUT2D eigenvalue weighted by Gasteiger charge is -2.00. The first-order valence-corrected chi connectivity index (χ1v) is 5.63. The van der Waals surface area contributed by atoms with Crippen molar-refractivity contribution in [2.24, 2.45) is 0 Å². The van der Waals surface area contributed by atoms with E-state index in [2.05, 4.69) is 5.10 Å². The molecule has 90 valence electrons. The van der Waals surface area contributed by atoms with Gasteiger partial charge in [-0.25, -0.2) is 9.48 Å². The minimum atomic E-state index is -0.145. The van der Waals surface area contributed by atoms with Gasteiger partial charge in [-0.3, -0.25) is 4.40 Å². The maximum Gasteiger partial charge on any atom is 0.350 e. The van der Waals surface area contributed by atoms with Gasteiger partial charge in [0.15, 0.2) is 5.65 Å². The summed E-state index contributed by atoms with van der Waals surface area (Å²) >= 11 is 0. The molecule has 5 heteroatoms. The third-order valence-corrected chi connectivity index (χ3v) is 2.77. The highest BCUT2D eigenvalue weighted by Gasteiger charge is 2.06. The predicted molar refractivity (Wildman–Crippen MR) is 69.4 cm³/mol. The summed E-state index contributed by atoms with van der Waals surface area (Å²) in [6.07, 6.45) is 1.71. The molecule has 3 rings (SSSR count). The van der Waals surface area contributed by atoms with Crippen LogP contribution in [0.5, 0.6) is 0 Å². The molecule has 0 aliphatic heterocycles. The van der Waals surface area contributed by atoms with Crippen LogP contribution in [-0.2, 0) is 6.54 Å². The smallest absolute Gasteiger partial charge is 0.350 e. The van der Waals surface area contributed by atoms with E-state index in [1.54, 1.807) is 18.3 Å². The van der Waals surface area contributed by atoms with Crippen molar-refractivity contribution in [2.75, 3.05) is 5.73 Å². The normalized spacial score (nSPS) is 10.9. The van der Waals surface area contributed by atoms with Gasteiger partial charge in [0.2, 0.25) is 0 Å². The average molecular weight is 240 g/mol. The molecule has 0 aliphatic rings. The second-order valence-electron chi connectivity index (χ2n) is 4.11. The molecule has 18 heavy (non-hydrogen) atoms. The standard InChI is InChI=1S/C13H12N4O/c14-11-5-3-4-10(8-11)9-17-13(18)16-7-2-1-6-12(16)15-17/h1-8H,9,14H2. The Bertz CT molecular complexity index is 757. The van der Waals surface area contributed by atoms with Gasteiger partial charge in [-0.2, -0.15) is 0 Å². The van der Waals surface area contributed by atoms with Crippen LogP contribution in [0, 0.1) is 0 Å². The van der Waals surface area contributed by atoms with Crippen molar-refractivity contribution >= 4 is 11.3 Å². The molecule has 2 N–H and O–H groups in total. The summed E-state index contributed by atoms with van der Waals surface area (Å²) < 4.78 is 2.95. The number of nitrogen functional groups attached to an aromatic ring is 1. The van der Waals surface area contributed by atoms with Crippen molar-refractivity contribution in [3.8, 4) is 0 Å². The van der Waals surface area contributed by atoms with Gasteiger partial charge in [0.25, 0.3) is 0 Å². The summed E-state index contributed by atoms with van der Waals surface area (Å²) in [4.78, 5) is 12.0. The largest absolute Gasteiger partial charge is 0.399 e. The molecule has 0 atom stereocenters. The molecule has 2 aromatic heterocycles. The van der Waals surface area contributed by atoms with E-state index >= 15 is 0 Å². The first-order chi connectivity index (χ1) is 8.74. The topological polar surface area (TPSA) is 65.3 Å². The Morgan fingerprint density at radius 3 is 2.83 bits per heavy atom. The van der Waals surface area contributed by atoms with Gasteiger partial charge in [-0.05, 0) is 29.8 Å². The van der Waals surface area contributed by atoms with Crippen LogP contribution in [0.1, 0.15) is 5.56 Å². The molecule has 0 fully saturated rings. The number of nitrogens with two attached hydrogens (primary N) is 1. The fourth-order valence-electron chi connectivity index (χ4n) is 1.94. The van der Waals surface area contributed by atoms with E-state index in [1.807, 2.05) is 30.3 Å². The molecule has 0 saturated heterocycles. The fraction of sp³-hybridized carbons (Fsp3) is 0.0769. The van der Waals surface area contributed by atoms with Gasteiger partial charge in [0.1, 0.15) is 0 Å². The minimum absolute atomic E-state index is 0.145. The van der Waals surface area contributed by atoms with E-state index in [4.69, 9.17) is 5.73 Å². The molecule has 0 radical (unpaired) electrons. The van der Waals surface area contributed by atoms with Crippen molar-refractivity contribution < 1.29 is 0 Å². The molecule has 0 amide bonds. The van der Waals surface area contributed by atoms with Crippen molar-refractivity contribution in [1.29, 1.82) is 0 Å². The number of pyridine rings is 1. The number of hydrogen-bond donors (Lipinski definition) is 1. The molecule has 3 aromatic rings. The summed E-state index contributed by atoms with van der Waals surface area (Å²) in [5.74, 6) is 0. The second kappa shape index (κ2) is 4.03. The molecule has 0 saturated carbocycles. The van der Waals surface area contributed by atoms with E-state index in [9.17, 15) is 4.79 Å². The number of rotatable bonds is 2. The zero-order valence-corrected chi connectivity index (χ0v) is 9.65. The lowest BCUT2D eigenvalue weighted by Crippen LogP contribution is -2.21. The number of hydrogen-bond acceptors (Lipinski definition) is 3. The third-order valence-electron chi connectivity index (χ3n) is 2.77. The van der Waals surface area contributed by atoms with Crippen LogP contribution in [-0.4, -0.2) is 14.2 Å². The molecule has 0 bridgehead atoms. The van der Waals surface area contributed by atoms with Gasteiger partial charge in [-0.1, -0.05) is 18.2 Å². The maximum absolute atomic E-state index is 12.0. The summed E-state index contributed by atoms with van der Waals surface area (Å²) in [5.41, 5.74) is 7.86. The molecule has 0 aliphatic carbocycles. The van der Waals surface area contributed by atoms with Crippen LogP contribution in [0.3, 0.4) is 0 Å². The van der Waals surface area contributed by atoms with E-state index in [1.165, 1.54) is 9.08 Å². The Kier molecular flexibility index (Phi) is 2.37. The van der Waals surface area contributed by atoms with Crippen molar-refractivity contribution in [1.82, 2.24) is 14.2 Å². The van der Waals surface area contributed by atoms with Gasteiger partial charge in [-0.15, -0.1) is 5.10 Å². The number of benzene rings is 1.